The van der Waals surface area contributed by atoms with Crippen LogP contribution in [0.1, 0.15) is 5.56 Å². The molecule has 0 fully saturated rings. The Bertz CT molecular complexity index is 319. The molecular formula is C10H10FNO. The van der Waals surface area contributed by atoms with Crippen LogP contribution in [0.5, 0.6) is 0 Å². The molecule has 3 heteroatoms. The average molecular weight is 179 g/mol. The molecule has 0 saturated heterocycles. The second kappa shape index (κ2) is 4.58. The Morgan fingerprint density at radius 1 is 1.46 bits per heavy atom. The number of nitrogens with zero attached hydrogens (tertiary/aromatic N) is 1. The summed E-state index contributed by atoms with van der Waals surface area (Å²) < 4.78 is 13.0. The summed E-state index contributed by atoms with van der Waals surface area (Å²) in [6.45, 7) is -0.231. The van der Waals surface area contributed by atoms with Gasteiger partial charge in [-0.15, -0.1) is 0 Å². The fourth-order valence-corrected chi connectivity index (χ4v) is 1.08. The summed E-state index contributed by atoms with van der Waals surface area (Å²) in [6.07, 6.45) is 0.264. The summed E-state index contributed by atoms with van der Waals surface area (Å²) in [5, 5.41) is 17.3. The largest absolute Gasteiger partial charge is 0.395 e. The molecule has 0 aliphatic heterocycles. The molecule has 1 N–H and O–H groups in total. The first-order valence-corrected chi connectivity index (χ1v) is 4.01. The standard InChI is InChI=1S/C10H10FNO/c11-10-4-2-1-3-9(10)5-8(6-12)7-13/h1-4,8,13H,5,7H2/t8-/m1/s1. The van der Waals surface area contributed by atoms with Crippen molar-refractivity contribution >= 4 is 0 Å². The molecule has 0 aliphatic rings. The van der Waals surface area contributed by atoms with Crippen LogP contribution in [-0.2, 0) is 6.42 Å². The van der Waals surface area contributed by atoms with Gasteiger partial charge in [-0.3, -0.25) is 0 Å². The molecule has 0 saturated carbocycles. The van der Waals surface area contributed by atoms with E-state index in [-0.39, 0.29) is 18.8 Å². The summed E-state index contributed by atoms with van der Waals surface area (Å²) in [5.41, 5.74) is 0.475. The second-order valence-electron chi connectivity index (χ2n) is 2.80. The second-order valence-corrected chi connectivity index (χ2v) is 2.80. The summed E-state index contributed by atoms with van der Waals surface area (Å²) >= 11 is 0. The number of halogens is 1. The highest BCUT2D eigenvalue weighted by Gasteiger charge is 2.09. The lowest BCUT2D eigenvalue weighted by Gasteiger charge is -2.05. The number of hydrogen-bond acceptors (Lipinski definition) is 2. The lowest BCUT2D eigenvalue weighted by molar-refractivity contribution is 0.255. The SMILES string of the molecule is N#C[C@H](CO)Cc1ccccc1F. The van der Waals surface area contributed by atoms with E-state index in [1.807, 2.05) is 6.07 Å². The maximum absolute atomic E-state index is 13.0. The van der Waals surface area contributed by atoms with Crippen molar-refractivity contribution in [1.82, 2.24) is 0 Å². The lowest BCUT2D eigenvalue weighted by atomic mass is 10.0. The Kier molecular flexibility index (Phi) is 3.41. The van der Waals surface area contributed by atoms with Crippen LogP contribution in [0, 0.1) is 23.1 Å². The van der Waals surface area contributed by atoms with Gasteiger partial charge in [-0.05, 0) is 18.1 Å². The van der Waals surface area contributed by atoms with Crippen molar-refractivity contribution < 1.29 is 9.50 Å². The molecule has 68 valence electrons. The smallest absolute Gasteiger partial charge is 0.126 e. The third-order valence-corrected chi connectivity index (χ3v) is 1.83. The predicted molar refractivity (Wildman–Crippen MR) is 46.3 cm³/mol. The molecule has 0 aromatic heterocycles. The first-order valence-electron chi connectivity index (χ1n) is 4.01. The van der Waals surface area contributed by atoms with Crippen LogP contribution in [0.3, 0.4) is 0 Å². The van der Waals surface area contributed by atoms with Gasteiger partial charge in [0.1, 0.15) is 5.82 Å². The minimum absolute atomic E-state index is 0.231. The van der Waals surface area contributed by atoms with Crippen molar-refractivity contribution in [3.8, 4) is 6.07 Å². The Hall–Kier alpha value is -1.40. The molecule has 13 heavy (non-hydrogen) atoms. The summed E-state index contributed by atoms with van der Waals surface area (Å²) in [4.78, 5) is 0. The summed E-state index contributed by atoms with van der Waals surface area (Å²) in [7, 11) is 0. The van der Waals surface area contributed by atoms with E-state index in [0.717, 1.165) is 0 Å². The Balaban J connectivity index is 2.74. The Morgan fingerprint density at radius 3 is 2.69 bits per heavy atom. The van der Waals surface area contributed by atoms with Crippen molar-refractivity contribution in [3.05, 3.63) is 35.6 Å². The van der Waals surface area contributed by atoms with Crippen LogP contribution in [0.15, 0.2) is 24.3 Å². The van der Waals surface area contributed by atoms with Gasteiger partial charge in [-0.1, -0.05) is 18.2 Å². The highest BCUT2D eigenvalue weighted by Crippen LogP contribution is 2.11. The van der Waals surface area contributed by atoms with E-state index in [4.69, 9.17) is 10.4 Å². The minimum Gasteiger partial charge on any atom is -0.395 e. The maximum atomic E-state index is 13.0. The van der Waals surface area contributed by atoms with Gasteiger partial charge in [0, 0.05) is 0 Å². The summed E-state index contributed by atoms with van der Waals surface area (Å²) in [6, 6.07) is 8.19. The molecule has 1 aromatic rings. The zero-order valence-electron chi connectivity index (χ0n) is 7.07. The van der Waals surface area contributed by atoms with Crippen molar-refractivity contribution in [2.75, 3.05) is 6.61 Å². The number of rotatable bonds is 3. The molecule has 0 radical (unpaired) electrons. The molecular weight excluding hydrogens is 169 g/mol. The predicted octanol–water partition coefficient (Wildman–Crippen LogP) is 1.50. The zero-order valence-corrected chi connectivity index (χ0v) is 7.07. The van der Waals surface area contributed by atoms with Crippen molar-refractivity contribution in [3.63, 3.8) is 0 Å². The van der Waals surface area contributed by atoms with E-state index >= 15 is 0 Å². The van der Waals surface area contributed by atoms with E-state index in [0.29, 0.717) is 5.56 Å². The first kappa shape index (κ1) is 9.69. The zero-order chi connectivity index (χ0) is 9.68. The van der Waals surface area contributed by atoms with Gasteiger partial charge in [0.15, 0.2) is 0 Å². The topological polar surface area (TPSA) is 44.0 Å². The fourth-order valence-electron chi connectivity index (χ4n) is 1.08. The van der Waals surface area contributed by atoms with E-state index in [9.17, 15) is 4.39 Å². The van der Waals surface area contributed by atoms with Crippen molar-refractivity contribution in [2.24, 2.45) is 5.92 Å². The van der Waals surface area contributed by atoms with Gasteiger partial charge in [0.05, 0.1) is 18.6 Å². The third-order valence-electron chi connectivity index (χ3n) is 1.83. The van der Waals surface area contributed by atoms with Gasteiger partial charge < -0.3 is 5.11 Å². The molecule has 2 nitrogen and oxygen atoms in total. The first-order chi connectivity index (χ1) is 6.27. The molecule has 0 bridgehead atoms. The quantitative estimate of drug-likeness (QED) is 0.764. The van der Waals surface area contributed by atoms with Gasteiger partial charge in [-0.2, -0.15) is 5.26 Å². The number of benzene rings is 1. The van der Waals surface area contributed by atoms with Crippen molar-refractivity contribution in [2.45, 2.75) is 6.42 Å². The minimum atomic E-state index is -0.517. The normalized spacial score (nSPS) is 12.1. The fraction of sp³-hybridized carbons (Fsp3) is 0.300. The summed E-state index contributed by atoms with van der Waals surface area (Å²) in [5.74, 6) is -0.840. The lowest BCUT2D eigenvalue weighted by Crippen LogP contribution is -2.07. The van der Waals surface area contributed by atoms with Crippen LogP contribution in [0.25, 0.3) is 0 Å². The van der Waals surface area contributed by atoms with E-state index in [1.54, 1.807) is 18.2 Å². The van der Waals surface area contributed by atoms with Crippen LogP contribution in [-0.4, -0.2) is 11.7 Å². The molecule has 1 rings (SSSR count). The molecule has 0 heterocycles. The van der Waals surface area contributed by atoms with E-state index in [1.165, 1.54) is 6.07 Å². The molecule has 0 amide bonds. The third kappa shape index (κ3) is 2.53. The molecule has 0 aliphatic carbocycles. The monoisotopic (exact) mass is 179 g/mol. The van der Waals surface area contributed by atoms with Crippen LogP contribution >= 0.6 is 0 Å². The van der Waals surface area contributed by atoms with Crippen LogP contribution < -0.4 is 0 Å². The highest BCUT2D eigenvalue weighted by molar-refractivity contribution is 5.18. The van der Waals surface area contributed by atoms with Crippen LogP contribution in [0.2, 0.25) is 0 Å². The average Bonchev–Trinajstić information content (AvgIpc) is 2.17. The molecule has 0 spiro atoms. The molecule has 0 unspecified atom stereocenters. The number of hydrogen-bond donors (Lipinski definition) is 1. The van der Waals surface area contributed by atoms with Crippen molar-refractivity contribution in [1.29, 1.82) is 5.26 Å². The maximum Gasteiger partial charge on any atom is 0.126 e. The highest BCUT2D eigenvalue weighted by atomic mass is 19.1. The number of aliphatic hydroxyl groups is 1. The van der Waals surface area contributed by atoms with Gasteiger partial charge >= 0.3 is 0 Å². The van der Waals surface area contributed by atoms with Gasteiger partial charge in [-0.25, -0.2) is 4.39 Å². The number of aliphatic hydroxyl groups excluding tert-OH is 1. The molecule has 1 atom stereocenters. The van der Waals surface area contributed by atoms with E-state index in [2.05, 4.69) is 0 Å². The Morgan fingerprint density at radius 2 is 2.15 bits per heavy atom. The van der Waals surface area contributed by atoms with Crippen LogP contribution in [0.4, 0.5) is 4.39 Å². The molecule has 1 aromatic carbocycles. The van der Waals surface area contributed by atoms with Gasteiger partial charge in [0.25, 0.3) is 0 Å². The van der Waals surface area contributed by atoms with E-state index < -0.39 is 5.92 Å². The van der Waals surface area contributed by atoms with Gasteiger partial charge in [0.2, 0.25) is 0 Å². The Labute approximate surface area is 76.2 Å². The number of nitriles is 1.